The molecular formula is C11H15ClN2OS. The molecule has 1 amide bonds. The van der Waals surface area contributed by atoms with E-state index in [1.807, 2.05) is 14.0 Å². The Kier molecular flexibility index (Phi) is 3.50. The predicted octanol–water partition coefficient (Wildman–Crippen LogP) is 2.53. The van der Waals surface area contributed by atoms with Crippen molar-refractivity contribution in [3.8, 4) is 0 Å². The minimum atomic E-state index is -0.00873. The highest BCUT2D eigenvalue weighted by molar-refractivity contribution is 7.11. The highest BCUT2D eigenvalue weighted by atomic mass is 35.5. The molecule has 1 heterocycles. The first kappa shape index (κ1) is 11.9. The van der Waals surface area contributed by atoms with Crippen molar-refractivity contribution >= 4 is 28.8 Å². The fraction of sp³-hybridized carbons (Fsp3) is 0.636. The smallest absolute Gasteiger partial charge is 0.237 e. The minimum Gasteiger partial charge on any atom is -0.337 e. The maximum Gasteiger partial charge on any atom is 0.237 e. The molecule has 1 aliphatic rings. The number of rotatable bonds is 2. The summed E-state index contributed by atoms with van der Waals surface area (Å²) in [7, 11) is 1.83. The van der Waals surface area contributed by atoms with Gasteiger partial charge in [0.25, 0.3) is 0 Å². The normalized spacial score (nSPS) is 19.3. The number of amides is 1. The number of nitrogens with zero attached hydrogens (tertiary/aromatic N) is 2. The second-order valence-corrected chi connectivity index (χ2v) is 5.59. The van der Waals surface area contributed by atoms with E-state index >= 15 is 0 Å². The fourth-order valence-corrected chi connectivity index (χ4v) is 3.50. The van der Waals surface area contributed by atoms with Crippen LogP contribution in [0.25, 0.3) is 0 Å². The van der Waals surface area contributed by atoms with E-state index < -0.39 is 0 Å². The molecular weight excluding hydrogens is 244 g/mol. The van der Waals surface area contributed by atoms with Gasteiger partial charge in [0.15, 0.2) is 0 Å². The molecule has 5 heteroatoms. The van der Waals surface area contributed by atoms with E-state index in [9.17, 15) is 4.79 Å². The van der Waals surface area contributed by atoms with E-state index in [0.717, 1.165) is 24.3 Å². The molecule has 3 nitrogen and oxygen atoms in total. The molecule has 0 saturated heterocycles. The van der Waals surface area contributed by atoms with Crippen LogP contribution in [0.5, 0.6) is 0 Å². The first-order chi connectivity index (χ1) is 7.63. The fourth-order valence-electron chi connectivity index (χ4n) is 2.16. The van der Waals surface area contributed by atoms with Crippen LogP contribution in [0.15, 0.2) is 0 Å². The van der Waals surface area contributed by atoms with E-state index in [0.29, 0.717) is 0 Å². The number of halogens is 1. The lowest BCUT2D eigenvalue weighted by atomic mass is 9.97. The Bertz CT molecular complexity index is 405. The SMILES string of the molecule is Cc1nc2c(s1)C(N(C)C(=O)CCl)CCC2. The van der Waals surface area contributed by atoms with Crippen LogP contribution >= 0.6 is 22.9 Å². The van der Waals surface area contributed by atoms with Crippen LogP contribution in [-0.2, 0) is 11.2 Å². The van der Waals surface area contributed by atoms with E-state index in [-0.39, 0.29) is 17.8 Å². The molecule has 1 aromatic rings. The number of carbonyl (C=O) groups is 1. The molecule has 0 saturated carbocycles. The number of thiazole rings is 1. The van der Waals surface area contributed by atoms with Crippen LogP contribution in [0.3, 0.4) is 0 Å². The Morgan fingerprint density at radius 3 is 3.12 bits per heavy atom. The molecule has 0 radical (unpaired) electrons. The van der Waals surface area contributed by atoms with Crippen molar-refractivity contribution in [1.29, 1.82) is 0 Å². The summed E-state index contributed by atoms with van der Waals surface area (Å²) < 4.78 is 0. The first-order valence-electron chi connectivity index (χ1n) is 5.41. The second kappa shape index (κ2) is 4.72. The number of hydrogen-bond acceptors (Lipinski definition) is 3. The molecule has 0 spiro atoms. The average Bonchev–Trinajstić information content (AvgIpc) is 2.66. The van der Waals surface area contributed by atoms with Gasteiger partial charge >= 0.3 is 0 Å². The summed E-state index contributed by atoms with van der Waals surface area (Å²) in [4.78, 5) is 19.1. The van der Waals surface area contributed by atoms with Gasteiger partial charge in [0.1, 0.15) is 5.88 Å². The van der Waals surface area contributed by atoms with Crippen molar-refractivity contribution in [1.82, 2.24) is 9.88 Å². The molecule has 0 N–H and O–H groups in total. The van der Waals surface area contributed by atoms with Gasteiger partial charge in [0, 0.05) is 7.05 Å². The number of alkyl halides is 1. The Hall–Kier alpha value is -0.610. The van der Waals surface area contributed by atoms with Crippen LogP contribution in [0.2, 0.25) is 0 Å². The summed E-state index contributed by atoms with van der Waals surface area (Å²) >= 11 is 7.30. The number of carbonyl (C=O) groups excluding carboxylic acids is 1. The largest absolute Gasteiger partial charge is 0.337 e. The van der Waals surface area contributed by atoms with E-state index in [2.05, 4.69) is 4.98 Å². The molecule has 0 bridgehead atoms. The maximum atomic E-state index is 11.6. The van der Waals surface area contributed by atoms with Crippen LogP contribution in [0.4, 0.5) is 0 Å². The first-order valence-corrected chi connectivity index (χ1v) is 6.76. The lowest BCUT2D eigenvalue weighted by Crippen LogP contribution is -2.33. The molecule has 1 aliphatic carbocycles. The van der Waals surface area contributed by atoms with Gasteiger partial charge in [-0.1, -0.05) is 0 Å². The monoisotopic (exact) mass is 258 g/mol. The van der Waals surface area contributed by atoms with E-state index in [1.165, 1.54) is 10.6 Å². The summed E-state index contributed by atoms with van der Waals surface area (Å²) in [6.07, 6.45) is 3.16. The van der Waals surface area contributed by atoms with Gasteiger partial charge in [-0.25, -0.2) is 4.98 Å². The van der Waals surface area contributed by atoms with Crippen molar-refractivity contribution in [3.05, 3.63) is 15.6 Å². The quantitative estimate of drug-likeness (QED) is 0.764. The van der Waals surface area contributed by atoms with Crippen molar-refractivity contribution in [2.75, 3.05) is 12.9 Å². The summed E-state index contributed by atoms with van der Waals surface area (Å²) in [5, 5.41) is 1.09. The highest BCUT2D eigenvalue weighted by Gasteiger charge is 2.28. The van der Waals surface area contributed by atoms with Crippen molar-refractivity contribution in [3.63, 3.8) is 0 Å². The zero-order valence-corrected chi connectivity index (χ0v) is 11.1. The lowest BCUT2D eigenvalue weighted by molar-refractivity contribution is -0.129. The summed E-state index contributed by atoms with van der Waals surface area (Å²) in [5.74, 6) is 0.0469. The third kappa shape index (κ3) is 2.09. The Morgan fingerprint density at radius 2 is 2.44 bits per heavy atom. The zero-order chi connectivity index (χ0) is 11.7. The predicted molar refractivity (Wildman–Crippen MR) is 66.0 cm³/mol. The third-order valence-electron chi connectivity index (χ3n) is 3.00. The van der Waals surface area contributed by atoms with Crippen molar-refractivity contribution < 1.29 is 4.79 Å². The van der Waals surface area contributed by atoms with Gasteiger partial charge in [-0.15, -0.1) is 22.9 Å². The molecule has 1 atom stereocenters. The van der Waals surface area contributed by atoms with Crippen LogP contribution in [0.1, 0.15) is 34.5 Å². The summed E-state index contributed by atoms with van der Waals surface area (Å²) in [5.41, 5.74) is 1.17. The molecule has 0 fully saturated rings. The maximum absolute atomic E-state index is 11.6. The number of aryl methyl sites for hydroxylation is 2. The van der Waals surface area contributed by atoms with Gasteiger partial charge in [-0.2, -0.15) is 0 Å². The highest BCUT2D eigenvalue weighted by Crippen LogP contribution is 2.37. The van der Waals surface area contributed by atoms with Crippen LogP contribution in [0, 0.1) is 6.92 Å². The van der Waals surface area contributed by atoms with Gasteiger partial charge in [0.05, 0.1) is 21.6 Å². The topological polar surface area (TPSA) is 33.2 Å². The van der Waals surface area contributed by atoms with Crippen LogP contribution in [-0.4, -0.2) is 28.7 Å². The zero-order valence-electron chi connectivity index (χ0n) is 9.49. The summed E-state index contributed by atoms with van der Waals surface area (Å²) in [6, 6.07) is 0.182. The molecule has 88 valence electrons. The summed E-state index contributed by atoms with van der Waals surface area (Å²) in [6.45, 7) is 2.02. The second-order valence-electron chi connectivity index (χ2n) is 4.09. The molecule has 2 rings (SSSR count). The van der Waals surface area contributed by atoms with E-state index in [1.54, 1.807) is 16.2 Å². The number of fused-ring (bicyclic) bond motifs is 1. The molecule has 16 heavy (non-hydrogen) atoms. The Morgan fingerprint density at radius 1 is 1.69 bits per heavy atom. The minimum absolute atomic E-state index is 0.00873. The lowest BCUT2D eigenvalue weighted by Gasteiger charge is -2.30. The molecule has 1 unspecified atom stereocenters. The van der Waals surface area contributed by atoms with Crippen LogP contribution < -0.4 is 0 Å². The van der Waals surface area contributed by atoms with Gasteiger partial charge < -0.3 is 4.90 Å². The third-order valence-corrected chi connectivity index (χ3v) is 4.35. The van der Waals surface area contributed by atoms with Gasteiger partial charge in [-0.3, -0.25) is 4.79 Å². The van der Waals surface area contributed by atoms with Gasteiger partial charge in [-0.05, 0) is 26.2 Å². The van der Waals surface area contributed by atoms with Crippen molar-refractivity contribution in [2.45, 2.75) is 32.2 Å². The Labute approximate surface area is 104 Å². The van der Waals surface area contributed by atoms with Gasteiger partial charge in [0.2, 0.25) is 5.91 Å². The van der Waals surface area contributed by atoms with Crippen molar-refractivity contribution in [2.24, 2.45) is 0 Å². The molecule has 1 aromatic heterocycles. The Balaban J connectivity index is 2.27. The standard InChI is InChI=1S/C11H15ClN2OS/c1-7-13-8-4-3-5-9(11(8)16-7)14(2)10(15)6-12/h9H,3-6H2,1-2H3. The average molecular weight is 259 g/mol. The molecule has 0 aliphatic heterocycles. The number of aromatic nitrogens is 1. The molecule has 0 aromatic carbocycles. The van der Waals surface area contributed by atoms with E-state index in [4.69, 9.17) is 11.6 Å². The number of hydrogen-bond donors (Lipinski definition) is 0.